The third-order valence-corrected chi connectivity index (χ3v) is 7.41. The van der Waals surface area contributed by atoms with Crippen LogP contribution in [0.2, 0.25) is 0 Å². The molecule has 6 heteroatoms. The predicted octanol–water partition coefficient (Wildman–Crippen LogP) is 9.20. The van der Waals surface area contributed by atoms with Crippen molar-refractivity contribution in [2.75, 3.05) is 0 Å². The summed E-state index contributed by atoms with van der Waals surface area (Å²) in [5.41, 5.74) is 2.95. The van der Waals surface area contributed by atoms with Gasteiger partial charge in [-0.2, -0.15) is 0 Å². The Hall–Kier alpha value is -3.02. The molecule has 39 heavy (non-hydrogen) atoms. The van der Waals surface area contributed by atoms with E-state index in [1.165, 1.54) is 76.7 Å². The zero-order chi connectivity index (χ0) is 28.0. The fourth-order valence-electron chi connectivity index (χ4n) is 5.15. The summed E-state index contributed by atoms with van der Waals surface area (Å²) in [6, 6.07) is 10.5. The molecule has 1 aromatic heterocycles. The summed E-state index contributed by atoms with van der Waals surface area (Å²) in [6.07, 6.45) is 16.5. The van der Waals surface area contributed by atoms with Crippen LogP contribution in [0.5, 0.6) is 0 Å². The van der Waals surface area contributed by atoms with Crippen LogP contribution in [0.25, 0.3) is 22.1 Å². The standard InChI is InChI=1S/C33H46N2O4/c1-24(2)18-14-12-10-8-6-4-5-7-9-11-13-15-23-30(36)39-25(3)26-19-16-21-28-31(26)34-29-22-17-20-27(33(37)38)32(29)35-28/h16-17,19-22,24-25H,4-15,18,23H2,1-3H3,(H,37,38). The van der Waals surface area contributed by atoms with Crippen LogP contribution in [0, 0.1) is 5.92 Å². The summed E-state index contributed by atoms with van der Waals surface area (Å²) >= 11 is 0. The molecule has 2 aromatic carbocycles. The zero-order valence-electron chi connectivity index (χ0n) is 24.1. The van der Waals surface area contributed by atoms with E-state index in [1.807, 2.05) is 19.1 Å². The minimum absolute atomic E-state index is 0.120. The molecule has 0 saturated carbocycles. The second-order valence-electron chi connectivity index (χ2n) is 11.2. The number of hydrogen-bond donors (Lipinski definition) is 1. The van der Waals surface area contributed by atoms with Crippen molar-refractivity contribution in [2.24, 2.45) is 5.92 Å². The molecular formula is C33H46N2O4. The number of esters is 1. The Morgan fingerprint density at radius 1 is 0.718 bits per heavy atom. The van der Waals surface area contributed by atoms with Crippen molar-refractivity contribution in [1.82, 2.24) is 9.97 Å². The second-order valence-corrected chi connectivity index (χ2v) is 11.2. The molecule has 6 nitrogen and oxygen atoms in total. The molecule has 1 heterocycles. The minimum atomic E-state index is -1.04. The van der Waals surface area contributed by atoms with Gasteiger partial charge in [-0.3, -0.25) is 4.79 Å². The van der Waals surface area contributed by atoms with Crippen molar-refractivity contribution in [2.45, 2.75) is 117 Å². The predicted molar refractivity (Wildman–Crippen MR) is 158 cm³/mol. The van der Waals surface area contributed by atoms with E-state index in [4.69, 9.17) is 4.74 Å². The van der Waals surface area contributed by atoms with Gasteiger partial charge in [0.2, 0.25) is 0 Å². The van der Waals surface area contributed by atoms with E-state index in [1.54, 1.807) is 18.2 Å². The van der Waals surface area contributed by atoms with Gasteiger partial charge < -0.3 is 9.84 Å². The molecule has 0 bridgehead atoms. The van der Waals surface area contributed by atoms with Crippen molar-refractivity contribution in [1.29, 1.82) is 0 Å². The van der Waals surface area contributed by atoms with Gasteiger partial charge in [0.25, 0.3) is 0 Å². The molecule has 1 unspecified atom stereocenters. The molecule has 3 aromatic rings. The number of aromatic nitrogens is 2. The largest absolute Gasteiger partial charge is 0.478 e. The fraction of sp³-hybridized carbons (Fsp3) is 0.576. The highest BCUT2D eigenvalue weighted by Crippen LogP contribution is 2.27. The Bertz CT molecular complexity index is 1210. The Labute approximate surface area is 233 Å². The lowest BCUT2D eigenvalue weighted by atomic mass is 10.0. The van der Waals surface area contributed by atoms with Crippen LogP contribution in [0.15, 0.2) is 36.4 Å². The number of carbonyl (C=O) groups excluding carboxylic acids is 1. The van der Waals surface area contributed by atoms with E-state index in [-0.39, 0.29) is 11.5 Å². The van der Waals surface area contributed by atoms with E-state index in [9.17, 15) is 14.7 Å². The topological polar surface area (TPSA) is 89.4 Å². The molecule has 0 fully saturated rings. The van der Waals surface area contributed by atoms with Gasteiger partial charge >= 0.3 is 11.9 Å². The third kappa shape index (κ3) is 9.90. The summed E-state index contributed by atoms with van der Waals surface area (Å²) in [5, 5.41) is 9.48. The van der Waals surface area contributed by atoms with Crippen molar-refractivity contribution >= 4 is 34.0 Å². The van der Waals surface area contributed by atoms with Gasteiger partial charge in [-0.1, -0.05) is 109 Å². The lowest BCUT2D eigenvalue weighted by Gasteiger charge is -2.15. The molecule has 0 aliphatic heterocycles. The van der Waals surface area contributed by atoms with Crippen LogP contribution >= 0.6 is 0 Å². The lowest BCUT2D eigenvalue weighted by Crippen LogP contribution is -2.10. The number of carboxylic acid groups (broad SMARTS) is 1. The van der Waals surface area contributed by atoms with E-state index in [0.29, 0.717) is 28.5 Å². The summed E-state index contributed by atoms with van der Waals surface area (Å²) in [4.78, 5) is 33.3. The van der Waals surface area contributed by atoms with Crippen molar-refractivity contribution < 1.29 is 19.4 Å². The normalized spacial score (nSPS) is 12.3. The van der Waals surface area contributed by atoms with Crippen molar-refractivity contribution in [3.05, 3.63) is 47.5 Å². The molecule has 0 aliphatic rings. The first kappa shape index (κ1) is 30.5. The SMILES string of the molecule is CC(C)CCCCCCCCCCCCCCC(=O)OC(C)c1cccc2nc3c(C(=O)O)cccc3nc12. The highest BCUT2D eigenvalue weighted by Gasteiger charge is 2.18. The van der Waals surface area contributed by atoms with Gasteiger partial charge in [0.1, 0.15) is 11.6 Å². The number of fused-ring (bicyclic) bond motifs is 2. The van der Waals surface area contributed by atoms with Crippen LogP contribution in [-0.4, -0.2) is 27.0 Å². The lowest BCUT2D eigenvalue weighted by molar-refractivity contribution is -0.148. The zero-order valence-corrected chi connectivity index (χ0v) is 24.1. The van der Waals surface area contributed by atoms with Crippen LogP contribution in [-0.2, 0) is 9.53 Å². The van der Waals surface area contributed by atoms with Gasteiger partial charge in [-0.25, -0.2) is 14.8 Å². The smallest absolute Gasteiger partial charge is 0.337 e. The minimum Gasteiger partial charge on any atom is -0.478 e. The number of unbranched alkanes of at least 4 members (excludes halogenated alkanes) is 11. The second kappa shape index (κ2) is 16.2. The Morgan fingerprint density at radius 3 is 1.82 bits per heavy atom. The first-order valence-corrected chi connectivity index (χ1v) is 15.0. The molecule has 0 spiro atoms. The number of para-hydroxylation sites is 2. The van der Waals surface area contributed by atoms with Gasteiger partial charge in [0.15, 0.2) is 0 Å². The number of hydrogen-bond acceptors (Lipinski definition) is 5. The highest BCUT2D eigenvalue weighted by molar-refractivity contribution is 6.02. The number of benzene rings is 2. The first-order chi connectivity index (χ1) is 18.9. The quantitative estimate of drug-likeness (QED) is 0.0994. The molecule has 0 amide bonds. The monoisotopic (exact) mass is 534 g/mol. The summed E-state index contributed by atoms with van der Waals surface area (Å²) < 4.78 is 5.74. The Kier molecular flexibility index (Phi) is 12.7. The summed E-state index contributed by atoms with van der Waals surface area (Å²) in [7, 11) is 0. The number of nitrogens with zero attached hydrogens (tertiary/aromatic N) is 2. The van der Waals surface area contributed by atoms with Crippen LogP contribution in [0.1, 0.15) is 133 Å². The fourth-order valence-corrected chi connectivity index (χ4v) is 5.15. The molecule has 1 atom stereocenters. The molecule has 1 N–H and O–H groups in total. The number of aromatic carboxylic acids is 1. The highest BCUT2D eigenvalue weighted by atomic mass is 16.5. The summed E-state index contributed by atoms with van der Waals surface area (Å²) in [5.74, 6) is -0.398. The van der Waals surface area contributed by atoms with E-state index >= 15 is 0 Å². The molecular weight excluding hydrogens is 488 g/mol. The maximum absolute atomic E-state index is 12.5. The average molecular weight is 535 g/mol. The van der Waals surface area contributed by atoms with Gasteiger partial charge in [-0.05, 0) is 37.5 Å². The molecule has 0 radical (unpaired) electrons. The third-order valence-electron chi connectivity index (χ3n) is 7.41. The molecule has 0 aliphatic carbocycles. The average Bonchev–Trinajstić information content (AvgIpc) is 2.91. The number of rotatable bonds is 18. The van der Waals surface area contributed by atoms with Gasteiger partial charge in [-0.15, -0.1) is 0 Å². The molecule has 3 rings (SSSR count). The Balaban J connectivity index is 1.34. The number of ether oxygens (including phenoxy) is 1. The first-order valence-electron chi connectivity index (χ1n) is 15.0. The maximum Gasteiger partial charge on any atom is 0.337 e. The number of carboxylic acids is 1. The van der Waals surface area contributed by atoms with E-state index in [0.717, 1.165) is 24.3 Å². The van der Waals surface area contributed by atoms with Crippen LogP contribution < -0.4 is 0 Å². The van der Waals surface area contributed by atoms with Gasteiger partial charge in [0, 0.05) is 12.0 Å². The Morgan fingerprint density at radius 2 is 1.23 bits per heavy atom. The van der Waals surface area contributed by atoms with Crippen LogP contribution in [0.4, 0.5) is 0 Å². The van der Waals surface area contributed by atoms with Crippen molar-refractivity contribution in [3.63, 3.8) is 0 Å². The summed E-state index contributed by atoms with van der Waals surface area (Å²) in [6.45, 7) is 6.46. The van der Waals surface area contributed by atoms with Crippen LogP contribution in [0.3, 0.4) is 0 Å². The molecule has 0 saturated heterocycles. The van der Waals surface area contributed by atoms with E-state index in [2.05, 4.69) is 23.8 Å². The van der Waals surface area contributed by atoms with Gasteiger partial charge in [0.05, 0.1) is 22.1 Å². The van der Waals surface area contributed by atoms with Crippen molar-refractivity contribution in [3.8, 4) is 0 Å². The number of carbonyl (C=O) groups is 2. The maximum atomic E-state index is 12.5. The van der Waals surface area contributed by atoms with E-state index < -0.39 is 12.1 Å². The molecule has 212 valence electrons.